The maximum atomic E-state index is 10.9. The largest absolute Gasteiger partial charge is 0.488 e. The van der Waals surface area contributed by atoms with Gasteiger partial charge in [0, 0.05) is 10.3 Å². The summed E-state index contributed by atoms with van der Waals surface area (Å²) in [5.74, 6) is -0.318. The molecule has 1 N–H and O–H groups in total. The molecule has 3 aromatic rings. The molecule has 0 unspecified atom stereocenters. The number of hydrogen-bond acceptors (Lipinski definition) is 3. The number of carbonyl (C=O) groups is 1. The second-order valence-electron chi connectivity index (χ2n) is 4.50. The molecule has 0 amide bonds. The topological polar surface area (TPSA) is 46.5 Å². The summed E-state index contributed by atoms with van der Waals surface area (Å²) in [4.78, 5) is 10.9. The summed E-state index contributed by atoms with van der Waals surface area (Å²) in [6, 6.07) is 12.9. The van der Waals surface area contributed by atoms with Gasteiger partial charge in [0.25, 0.3) is 0 Å². The first-order chi connectivity index (χ1) is 10.1. The molecule has 0 aliphatic carbocycles. The number of carboxylic acids is 1. The summed E-state index contributed by atoms with van der Waals surface area (Å²) in [5.41, 5.74) is 1.36. The molecule has 0 saturated heterocycles. The highest BCUT2D eigenvalue weighted by Crippen LogP contribution is 2.30. The molecule has 0 atom stereocenters. The number of ether oxygens (including phenoxy) is 1. The van der Waals surface area contributed by atoms with Gasteiger partial charge in [-0.05, 0) is 51.0 Å². The summed E-state index contributed by atoms with van der Waals surface area (Å²) in [6.45, 7) is 0.453. The minimum absolute atomic E-state index is 0.232. The van der Waals surface area contributed by atoms with Crippen LogP contribution in [0.2, 0.25) is 0 Å². The maximum absolute atomic E-state index is 10.9. The highest BCUT2D eigenvalue weighted by atomic mass is 79.9. The Morgan fingerprint density at radius 2 is 2.05 bits per heavy atom. The molecule has 1 heterocycles. The lowest BCUT2D eigenvalue weighted by Crippen LogP contribution is -1.99. The van der Waals surface area contributed by atoms with Gasteiger partial charge in [-0.25, -0.2) is 4.79 Å². The van der Waals surface area contributed by atoms with Gasteiger partial charge >= 0.3 is 5.97 Å². The van der Waals surface area contributed by atoms with Crippen LogP contribution in [-0.2, 0) is 6.61 Å². The van der Waals surface area contributed by atoms with Gasteiger partial charge in [-0.15, -0.1) is 11.3 Å². The predicted molar refractivity (Wildman–Crippen MR) is 87.3 cm³/mol. The van der Waals surface area contributed by atoms with Crippen molar-refractivity contribution in [1.29, 1.82) is 0 Å². The predicted octanol–water partition coefficient (Wildman–Crippen LogP) is 4.94. The number of carboxylic acid groups (broad SMARTS) is 1. The summed E-state index contributed by atoms with van der Waals surface area (Å²) in [6.07, 6.45) is 0. The van der Waals surface area contributed by atoms with E-state index in [0.717, 1.165) is 5.56 Å². The Hall–Kier alpha value is -1.85. The van der Waals surface area contributed by atoms with Crippen molar-refractivity contribution < 1.29 is 14.6 Å². The molecule has 106 valence electrons. The van der Waals surface area contributed by atoms with Crippen LogP contribution in [0.4, 0.5) is 0 Å². The number of benzene rings is 2. The Balaban J connectivity index is 1.80. The summed E-state index contributed by atoms with van der Waals surface area (Å²) in [5, 5.41) is 12.2. The molecule has 21 heavy (non-hydrogen) atoms. The zero-order valence-corrected chi connectivity index (χ0v) is 13.3. The lowest BCUT2D eigenvalue weighted by Gasteiger charge is -2.08. The Bertz CT molecular complexity index is 810. The molecule has 0 fully saturated rings. The van der Waals surface area contributed by atoms with Crippen LogP contribution in [0, 0.1) is 0 Å². The lowest BCUT2D eigenvalue weighted by atomic mass is 10.2. The summed E-state index contributed by atoms with van der Waals surface area (Å²) >= 11 is 5.03. The van der Waals surface area contributed by atoms with E-state index in [0.29, 0.717) is 16.8 Å². The van der Waals surface area contributed by atoms with Crippen molar-refractivity contribution in [3.05, 3.63) is 63.4 Å². The van der Waals surface area contributed by atoms with Gasteiger partial charge in [-0.2, -0.15) is 0 Å². The SMILES string of the molecule is O=C(O)c1ccc(OCc2csc3ccccc23)c(Br)c1. The summed E-state index contributed by atoms with van der Waals surface area (Å²) < 4.78 is 7.66. The normalized spacial score (nSPS) is 10.7. The highest BCUT2D eigenvalue weighted by molar-refractivity contribution is 9.10. The van der Waals surface area contributed by atoms with Crippen LogP contribution in [0.25, 0.3) is 10.1 Å². The fraction of sp³-hybridized carbons (Fsp3) is 0.0625. The number of halogens is 1. The molecule has 3 rings (SSSR count). The number of aromatic carboxylic acids is 1. The van der Waals surface area contributed by atoms with Gasteiger partial charge in [0.1, 0.15) is 12.4 Å². The number of hydrogen-bond donors (Lipinski definition) is 1. The number of fused-ring (bicyclic) bond motifs is 1. The van der Waals surface area contributed by atoms with E-state index in [2.05, 4.69) is 33.4 Å². The molecular weight excluding hydrogens is 352 g/mol. The van der Waals surface area contributed by atoms with Crippen LogP contribution >= 0.6 is 27.3 Å². The quantitative estimate of drug-likeness (QED) is 0.714. The van der Waals surface area contributed by atoms with Crippen molar-refractivity contribution >= 4 is 43.3 Å². The van der Waals surface area contributed by atoms with E-state index in [1.165, 1.54) is 16.2 Å². The Labute approximate surface area is 133 Å². The second kappa shape index (κ2) is 5.87. The van der Waals surface area contributed by atoms with Crippen LogP contribution in [-0.4, -0.2) is 11.1 Å². The van der Waals surface area contributed by atoms with E-state index in [1.54, 1.807) is 23.5 Å². The third-order valence-corrected chi connectivity index (χ3v) is 4.76. The minimum atomic E-state index is -0.953. The molecular formula is C16H11BrO3S. The summed E-state index contributed by atoms with van der Waals surface area (Å²) in [7, 11) is 0. The molecule has 0 aliphatic rings. The lowest BCUT2D eigenvalue weighted by molar-refractivity contribution is 0.0696. The van der Waals surface area contributed by atoms with E-state index >= 15 is 0 Å². The van der Waals surface area contributed by atoms with E-state index in [9.17, 15) is 4.79 Å². The van der Waals surface area contributed by atoms with E-state index in [1.807, 2.05) is 12.1 Å². The van der Waals surface area contributed by atoms with Gasteiger partial charge < -0.3 is 9.84 Å². The van der Waals surface area contributed by atoms with Gasteiger partial charge in [0.05, 0.1) is 10.0 Å². The first-order valence-electron chi connectivity index (χ1n) is 6.26. The van der Waals surface area contributed by atoms with Gasteiger partial charge in [0.2, 0.25) is 0 Å². The second-order valence-corrected chi connectivity index (χ2v) is 6.26. The molecule has 2 aromatic carbocycles. The van der Waals surface area contributed by atoms with Crippen molar-refractivity contribution in [2.75, 3.05) is 0 Å². The molecule has 0 aliphatic heterocycles. The third-order valence-electron chi connectivity index (χ3n) is 3.12. The van der Waals surface area contributed by atoms with E-state index < -0.39 is 5.97 Å². The van der Waals surface area contributed by atoms with Gasteiger partial charge in [-0.3, -0.25) is 0 Å². The van der Waals surface area contributed by atoms with Crippen molar-refractivity contribution in [1.82, 2.24) is 0 Å². The Kier molecular flexibility index (Phi) is 3.94. The minimum Gasteiger partial charge on any atom is -0.488 e. The van der Waals surface area contributed by atoms with Crippen LogP contribution < -0.4 is 4.74 Å². The van der Waals surface area contributed by atoms with Gasteiger partial charge in [0.15, 0.2) is 0 Å². The first-order valence-corrected chi connectivity index (χ1v) is 7.93. The Morgan fingerprint density at radius 3 is 2.81 bits per heavy atom. The third kappa shape index (κ3) is 2.94. The maximum Gasteiger partial charge on any atom is 0.335 e. The molecule has 0 bridgehead atoms. The number of thiophene rings is 1. The highest BCUT2D eigenvalue weighted by Gasteiger charge is 2.09. The monoisotopic (exact) mass is 362 g/mol. The van der Waals surface area contributed by atoms with Crippen molar-refractivity contribution in [3.63, 3.8) is 0 Å². The van der Waals surface area contributed by atoms with Crippen molar-refractivity contribution in [2.45, 2.75) is 6.61 Å². The molecule has 0 saturated carbocycles. The standard InChI is InChI=1S/C16H11BrO3S/c17-13-7-10(16(18)19)5-6-14(13)20-8-11-9-21-15-4-2-1-3-12(11)15/h1-7,9H,8H2,(H,18,19). The fourth-order valence-electron chi connectivity index (χ4n) is 2.05. The van der Waals surface area contributed by atoms with Crippen LogP contribution in [0.15, 0.2) is 52.3 Å². The van der Waals surface area contributed by atoms with Crippen LogP contribution in [0.5, 0.6) is 5.75 Å². The van der Waals surface area contributed by atoms with Gasteiger partial charge in [-0.1, -0.05) is 18.2 Å². The first kappa shape index (κ1) is 14.1. The van der Waals surface area contributed by atoms with Crippen LogP contribution in [0.1, 0.15) is 15.9 Å². The Morgan fingerprint density at radius 1 is 1.24 bits per heavy atom. The number of rotatable bonds is 4. The molecule has 0 spiro atoms. The van der Waals surface area contributed by atoms with Crippen LogP contribution in [0.3, 0.4) is 0 Å². The molecule has 3 nitrogen and oxygen atoms in total. The fourth-order valence-corrected chi connectivity index (χ4v) is 3.49. The molecule has 5 heteroatoms. The van der Waals surface area contributed by atoms with E-state index in [4.69, 9.17) is 9.84 Å². The smallest absolute Gasteiger partial charge is 0.335 e. The molecule has 0 radical (unpaired) electrons. The van der Waals surface area contributed by atoms with E-state index in [-0.39, 0.29) is 5.56 Å². The molecule has 1 aromatic heterocycles. The van der Waals surface area contributed by atoms with Crippen molar-refractivity contribution in [2.24, 2.45) is 0 Å². The zero-order valence-electron chi connectivity index (χ0n) is 10.9. The zero-order chi connectivity index (χ0) is 14.8. The van der Waals surface area contributed by atoms with Crippen molar-refractivity contribution in [3.8, 4) is 5.75 Å². The average Bonchev–Trinajstić information content (AvgIpc) is 2.89. The average molecular weight is 363 g/mol.